The molecule has 1 fully saturated rings. The molecule has 1 aromatic rings. The van der Waals surface area contributed by atoms with Gasteiger partial charge in [0.15, 0.2) is 0 Å². The molecule has 2 rings (SSSR count). The van der Waals surface area contributed by atoms with E-state index in [0.29, 0.717) is 28.7 Å². The number of halogens is 1. The quantitative estimate of drug-likeness (QED) is 0.791. The average molecular weight is 312 g/mol. The maximum absolute atomic E-state index is 11.9. The minimum Gasteiger partial charge on any atom is -0.397 e. The van der Waals surface area contributed by atoms with Crippen molar-refractivity contribution in [2.45, 2.75) is 12.8 Å². The zero-order chi connectivity index (χ0) is 15.2. The zero-order valence-corrected chi connectivity index (χ0v) is 13.0. The molecular weight excluding hydrogens is 290 g/mol. The number of carbonyl (C=O) groups is 1. The molecule has 0 aromatic heterocycles. The molecule has 1 atom stereocenters. The van der Waals surface area contributed by atoms with Crippen LogP contribution in [0, 0.1) is 5.92 Å². The minimum atomic E-state index is -0.00749. The van der Waals surface area contributed by atoms with Gasteiger partial charge in [-0.25, -0.2) is 0 Å². The van der Waals surface area contributed by atoms with Crippen molar-refractivity contribution in [3.05, 3.63) is 23.2 Å². The third kappa shape index (κ3) is 4.88. The molecule has 0 radical (unpaired) electrons. The fourth-order valence-corrected chi connectivity index (χ4v) is 2.71. The zero-order valence-electron chi connectivity index (χ0n) is 12.3. The van der Waals surface area contributed by atoms with E-state index in [0.717, 1.165) is 32.7 Å². The molecule has 5 nitrogen and oxygen atoms in total. The van der Waals surface area contributed by atoms with E-state index >= 15 is 0 Å². The number of rotatable bonds is 6. The topological polar surface area (TPSA) is 67.6 Å². The first-order chi connectivity index (χ1) is 10.1. The second-order valence-corrected chi connectivity index (χ2v) is 5.85. The number of amides is 1. The first-order valence-electron chi connectivity index (χ1n) is 7.14. The molecule has 0 aliphatic carbocycles. The Morgan fingerprint density at radius 2 is 2.38 bits per heavy atom. The van der Waals surface area contributed by atoms with Crippen LogP contribution in [0.15, 0.2) is 18.2 Å². The highest BCUT2D eigenvalue weighted by Crippen LogP contribution is 2.22. The number of nitrogens with one attached hydrogen (secondary N) is 1. The lowest BCUT2D eigenvalue weighted by atomic mass is 10.1. The normalized spacial score (nSPS) is 18.9. The van der Waals surface area contributed by atoms with Crippen LogP contribution in [0.5, 0.6) is 0 Å². The molecule has 1 unspecified atom stereocenters. The minimum absolute atomic E-state index is 0.00749. The van der Waals surface area contributed by atoms with Gasteiger partial charge < -0.3 is 20.7 Å². The van der Waals surface area contributed by atoms with Crippen LogP contribution in [-0.2, 0) is 9.53 Å². The van der Waals surface area contributed by atoms with Crippen LogP contribution in [0.2, 0.25) is 5.02 Å². The lowest BCUT2D eigenvalue weighted by Gasteiger charge is -2.15. The molecule has 1 aliphatic rings. The fourth-order valence-electron chi connectivity index (χ4n) is 2.59. The van der Waals surface area contributed by atoms with E-state index in [-0.39, 0.29) is 5.91 Å². The monoisotopic (exact) mass is 311 g/mol. The number of nitrogens with zero attached hydrogens (tertiary/aromatic N) is 1. The molecule has 0 spiro atoms. The Morgan fingerprint density at radius 3 is 3.10 bits per heavy atom. The fraction of sp³-hybridized carbons (Fsp3) is 0.533. The van der Waals surface area contributed by atoms with Gasteiger partial charge >= 0.3 is 0 Å². The number of likely N-dealkylation sites (tertiary alicyclic amines) is 1. The van der Waals surface area contributed by atoms with Gasteiger partial charge in [0.25, 0.3) is 0 Å². The molecule has 6 heteroatoms. The number of methoxy groups -OCH3 is 1. The first-order valence-corrected chi connectivity index (χ1v) is 7.52. The summed E-state index contributed by atoms with van der Waals surface area (Å²) in [7, 11) is 1.73. The standard InChI is InChI=1S/C15H22ClN3O2/c1-21-10-11-4-6-19(9-11)7-5-15(20)18-12-2-3-13(16)14(17)8-12/h2-3,8,11H,4-7,9-10,17H2,1H3,(H,18,20). The number of nitrogens with two attached hydrogens (primary N) is 1. The Kier molecular flexibility index (Phi) is 5.85. The van der Waals surface area contributed by atoms with Crippen LogP contribution in [0.4, 0.5) is 11.4 Å². The largest absolute Gasteiger partial charge is 0.397 e. The number of carbonyl (C=O) groups excluding carboxylic acids is 1. The number of hydrogen-bond donors (Lipinski definition) is 2. The summed E-state index contributed by atoms with van der Waals surface area (Å²) < 4.78 is 5.17. The van der Waals surface area contributed by atoms with Crippen LogP contribution in [0.3, 0.4) is 0 Å². The molecule has 1 aromatic carbocycles. The van der Waals surface area contributed by atoms with E-state index in [1.54, 1.807) is 25.3 Å². The molecule has 1 aliphatic heterocycles. The lowest BCUT2D eigenvalue weighted by Crippen LogP contribution is -2.26. The highest BCUT2D eigenvalue weighted by molar-refractivity contribution is 6.33. The second-order valence-electron chi connectivity index (χ2n) is 5.45. The van der Waals surface area contributed by atoms with Crippen molar-refractivity contribution in [2.75, 3.05) is 44.4 Å². The first kappa shape index (κ1) is 16.1. The van der Waals surface area contributed by atoms with Crippen molar-refractivity contribution in [1.82, 2.24) is 4.90 Å². The molecule has 116 valence electrons. The summed E-state index contributed by atoms with van der Waals surface area (Å²) in [6.07, 6.45) is 1.62. The molecule has 1 heterocycles. The van der Waals surface area contributed by atoms with Gasteiger partial charge in [0.05, 0.1) is 17.3 Å². The number of ether oxygens (including phenoxy) is 1. The number of benzene rings is 1. The Hall–Kier alpha value is -1.30. The van der Waals surface area contributed by atoms with Gasteiger partial charge in [0.1, 0.15) is 0 Å². The molecule has 3 N–H and O–H groups in total. The average Bonchev–Trinajstić information content (AvgIpc) is 2.89. The molecule has 21 heavy (non-hydrogen) atoms. The van der Waals surface area contributed by atoms with Gasteiger partial charge in [-0.2, -0.15) is 0 Å². The third-order valence-electron chi connectivity index (χ3n) is 3.71. The Labute approximate surface area is 130 Å². The summed E-state index contributed by atoms with van der Waals surface area (Å²) in [6, 6.07) is 5.11. The van der Waals surface area contributed by atoms with E-state index < -0.39 is 0 Å². The van der Waals surface area contributed by atoms with Crippen molar-refractivity contribution >= 4 is 28.9 Å². The van der Waals surface area contributed by atoms with E-state index in [4.69, 9.17) is 22.1 Å². The van der Waals surface area contributed by atoms with Crippen LogP contribution in [0.25, 0.3) is 0 Å². The van der Waals surface area contributed by atoms with Crippen LogP contribution >= 0.6 is 11.6 Å². The van der Waals surface area contributed by atoms with Gasteiger partial charge in [-0.15, -0.1) is 0 Å². The Bertz CT molecular complexity index is 496. The van der Waals surface area contributed by atoms with Gasteiger partial charge in [-0.05, 0) is 37.1 Å². The summed E-state index contributed by atoms with van der Waals surface area (Å²) in [5.74, 6) is 0.584. The van der Waals surface area contributed by atoms with Crippen molar-refractivity contribution in [2.24, 2.45) is 5.92 Å². The molecule has 0 saturated carbocycles. The van der Waals surface area contributed by atoms with E-state index in [1.807, 2.05) is 0 Å². The summed E-state index contributed by atoms with van der Waals surface area (Å²) in [5.41, 5.74) is 6.86. The number of hydrogen-bond acceptors (Lipinski definition) is 4. The van der Waals surface area contributed by atoms with Crippen molar-refractivity contribution in [3.8, 4) is 0 Å². The summed E-state index contributed by atoms with van der Waals surface area (Å²) in [6.45, 7) is 3.62. The van der Waals surface area contributed by atoms with Crippen LogP contribution in [0.1, 0.15) is 12.8 Å². The molecule has 0 bridgehead atoms. The SMILES string of the molecule is COCC1CCN(CCC(=O)Nc2ccc(Cl)c(N)c2)C1. The van der Waals surface area contributed by atoms with Crippen molar-refractivity contribution < 1.29 is 9.53 Å². The maximum atomic E-state index is 11.9. The van der Waals surface area contributed by atoms with Crippen molar-refractivity contribution in [1.29, 1.82) is 0 Å². The lowest BCUT2D eigenvalue weighted by molar-refractivity contribution is -0.116. The number of nitrogen functional groups attached to an aromatic ring is 1. The highest BCUT2D eigenvalue weighted by atomic mass is 35.5. The Balaban J connectivity index is 1.74. The molecule has 1 amide bonds. The predicted molar refractivity (Wildman–Crippen MR) is 85.5 cm³/mol. The van der Waals surface area contributed by atoms with E-state index in [1.165, 1.54) is 0 Å². The highest BCUT2D eigenvalue weighted by Gasteiger charge is 2.22. The third-order valence-corrected chi connectivity index (χ3v) is 4.05. The predicted octanol–water partition coefficient (Wildman–Crippen LogP) is 2.22. The Morgan fingerprint density at radius 1 is 1.57 bits per heavy atom. The van der Waals surface area contributed by atoms with Gasteiger partial charge in [0.2, 0.25) is 5.91 Å². The molecular formula is C15H22ClN3O2. The summed E-state index contributed by atoms with van der Waals surface area (Å²) in [4.78, 5) is 14.2. The van der Waals surface area contributed by atoms with Crippen LogP contribution < -0.4 is 11.1 Å². The van der Waals surface area contributed by atoms with Crippen LogP contribution in [-0.4, -0.2) is 44.2 Å². The second kappa shape index (κ2) is 7.64. The maximum Gasteiger partial charge on any atom is 0.225 e. The van der Waals surface area contributed by atoms with Gasteiger partial charge in [-0.3, -0.25) is 4.79 Å². The van der Waals surface area contributed by atoms with Gasteiger partial charge in [-0.1, -0.05) is 11.6 Å². The summed E-state index contributed by atoms with van der Waals surface area (Å²) in [5, 5.41) is 3.34. The van der Waals surface area contributed by atoms with E-state index in [2.05, 4.69) is 10.2 Å². The number of anilines is 2. The smallest absolute Gasteiger partial charge is 0.225 e. The summed E-state index contributed by atoms with van der Waals surface area (Å²) >= 11 is 5.85. The van der Waals surface area contributed by atoms with E-state index in [9.17, 15) is 4.79 Å². The molecule has 1 saturated heterocycles. The van der Waals surface area contributed by atoms with Gasteiger partial charge in [0, 0.05) is 32.3 Å². The van der Waals surface area contributed by atoms with Crippen molar-refractivity contribution in [3.63, 3.8) is 0 Å².